The summed E-state index contributed by atoms with van der Waals surface area (Å²) in [6, 6.07) is 14.4. The van der Waals surface area contributed by atoms with Gasteiger partial charge in [0.1, 0.15) is 5.75 Å². The normalized spacial score (nSPS) is 16.6. The second kappa shape index (κ2) is 7.17. The number of hydrogen-bond acceptors (Lipinski definition) is 4. The van der Waals surface area contributed by atoms with Gasteiger partial charge in [-0.25, -0.2) is 5.43 Å². The first kappa shape index (κ1) is 16.7. The van der Waals surface area contributed by atoms with Crippen LogP contribution in [-0.2, 0) is 4.79 Å². The molecule has 0 aromatic heterocycles. The van der Waals surface area contributed by atoms with Crippen LogP contribution in [0.2, 0.25) is 0 Å². The van der Waals surface area contributed by atoms with Gasteiger partial charge in [0, 0.05) is 18.0 Å². The molecule has 1 aliphatic rings. The summed E-state index contributed by atoms with van der Waals surface area (Å²) < 4.78 is 5.21. The van der Waals surface area contributed by atoms with E-state index < -0.39 is 0 Å². The molecule has 1 heterocycles. The molecule has 2 aromatic carbocycles. The molecule has 0 radical (unpaired) electrons. The van der Waals surface area contributed by atoms with Crippen LogP contribution in [0.4, 0.5) is 5.69 Å². The summed E-state index contributed by atoms with van der Waals surface area (Å²) >= 11 is 0. The van der Waals surface area contributed by atoms with E-state index in [0.717, 1.165) is 11.3 Å². The van der Waals surface area contributed by atoms with Crippen LogP contribution in [0.15, 0.2) is 53.6 Å². The van der Waals surface area contributed by atoms with Crippen molar-refractivity contribution in [1.82, 2.24) is 5.43 Å². The topological polar surface area (TPSA) is 79.8 Å². The smallest absolute Gasteiger partial charge is 0.259 e. The van der Waals surface area contributed by atoms with Crippen LogP contribution in [0.1, 0.15) is 29.3 Å². The number of amides is 2. The van der Waals surface area contributed by atoms with Gasteiger partial charge < -0.3 is 10.1 Å². The first-order valence-corrected chi connectivity index (χ1v) is 7.99. The monoisotopic (exact) mass is 337 g/mol. The molecule has 0 spiro atoms. The lowest BCUT2D eigenvalue weighted by molar-refractivity contribution is -0.121. The summed E-state index contributed by atoms with van der Waals surface area (Å²) in [5.74, 6) is 0.276. The lowest BCUT2D eigenvalue weighted by Crippen LogP contribution is -2.31. The molecule has 3 rings (SSSR count). The Bertz CT molecular complexity index is 828. The van der Waals surface area contributed by atoms with Gasteiger partial charge in [-0.05, 0) is 29.8 Å². The van der Waals surface area contributed by atoms with E-state index in [1.807, 2.05) is 37.3 Å². The molecule has 0 saturated heterocycles. The van der Waals surface area contributed by atoms with Crippen molar-refractivity contribution in [2.75, 3.05) is 12.4 Å². The van der Waals surface area contributed by atoms with Crippen molar-refractivity contribution in [2.24, 2.45) is 11.0 Å². The molecule has 1 atom stereocenters. The third-order valence-corrected chi connectivity index (χ3v) is 4.05. The van der Waals surface area contributed by atoms with Crippen LogP contribution in [0, 0.1) is 5.92 Å². The second-order valence-corrected chi connectivity index (χ2v) is 5.87. The molecule has 0 unspecified atom stereocenters. The highest BCUT2D eigenvalue weighted by atomic mass is 16.5. The number of carbonyl (C=O) groups is 2. The number of para-hydroxylation sites is 1. The van der Waals surface area contributed by atoms with Crippen molar-refractivity contribution in [1.29, 1.82) is 0 Å². The van der Waals surface area contributed by atoms with Gasteiger partial charge in [0.25, 0.3) is 5.91 Å². The van der Waals surface area contributed by atoms with E-state index in [9.17, 15) is 9.59 Å². The summed E-state index contributed by atoms with van der Waals surface area (Å²) in [5, 5.41) is 6.99. The zero-order chi connectivity index (χ0) is 17.8. The van der Waals surface area contributed by atoms with Crippen LogP contribution in [0.25, 0.3) is 0 Å². The number of methoxy groups -OCH3 is 1. The van der Waals surface area contributed by atoms with Gasteiger partial charge in [-0.1, -0.05) is 31.2 Å². The molecule has 128 valence electrons. The van der Waals surface area contributed by atoms with Gasteiger partial charge in [0.15, 0.2) is 0 Å². The zero-order valence-corrected chi connectivity index (χ0v) is 14.1. The van der Waals surface area contributed by atoms with Gasteiger partial charge in [-0.3, -0.25) is 9.59 Å². The minimum absolute atomic E-state index is 0.0581. The second-order valence-electron chi connectivity index (χ2n) is 5.87. The Balaban J connectivity index is 1.75. The Morgan fingerprint density at radius 2 is 1.92 bits per heavy atom. The standard InChI is InChI=1S/C19H19N3O3/c1-12-11-17(23)21-22-18(12)13-7-9-14(10-8-13)20-19(24)15-5-3-4-6-16(15)25-2/h3-10,12H,11H2,1-2H3,(H,20,24)(H,21,23)/t12-/m1/s1. The number of hydrazone groups is 1. The van der Waals surface area contributed by atoms with Crippen LogP contribution in [0.3, 0.4) is 0 Å². The van der Waals surface area contributed by atoms with Crippen LogP contribution in [-0.4, -0.2) is 24.6 Å². The maximum Gasteiger partial charge on any atom is 0.259 e. The number of rotatable bonds is 4. The van der Waals surface area contributed by atoms with E-state index in [0.29, 0.717) is 23.4 Å². The highest BCUT2D eigenvalue weighted by Crippen LogP contribution is 2.21. The Labute approximate surface area is 145 Å². The minimum atomic E-state index is -0.235. The molecule has 2 amide bonds. The third kappa shape index (κ3) is 3.68. The Kier molecular flexibility index (Phi) is 4.79. The molecular formula is C19H19N3O3. The SMILES string of the molecule is COc1ccccc1C(=O)Nc1ccc(C2=NNC(=O)C[C@H]2C)cc1. The molecule has 0 saturated carbocycles. The average Bonchev–Trinajstić information content (AvgIpc) is 2.62. The quantitative estimate of drug-likeness (QED) is 0.900. The Hall–Kier alpha value is -3.15. The molecule has 6 nitrogen and oxygen atoms in total. The summed E-state index contributed by atoms with van der Waals surface area (Å²) in [6.45, 7) is 1.97. The molecule has 0 fully saturated rings. The number of benzene rings is 2. The van der Waals surface area contributed by atoms with Crippen molar-refractivity contribution in [3.63, 3.8) is 0 Å². The van der Waals surface area contributed by atoms with E-state index in [2.05, 4.69) is 15.8 Å². The first-order valence-electron chi connectivity index (χ1n) is 7.99. The van der Waals surface area contributed by atoms with Crippen molar-refractivity contribution in [3.8, 4) is 5.75 Å². The Morgan fingerprint density at radius 3 is 2.60 bits per heavy atom. The summed E-state index contributed by atoms with van der Waals surface area (Å²) in [4.78, 5) is 23.7. The van der Waals surface area contributed by atoms with Crippen molar-refractivity contribution < 1.29 is 14.3 Å². The van der Waals surface area contributed by atoms with E-state index in [-0.39, 0.29) is 17.7 Å². The molecule has 25 heavy (non-hydrogen) atoms. The van der Waals surface area contributed by atoms with Crippen molar-refractivity contribution >= 4 is 23.2 Å². The van der Waals surface area contributed by atoms with Crippen LogP contribution in [0.5, 0.6) is 5.75 Å². The van der Waals surface area contributed by atoms with Crippen molar-refractivity contribution in [2.45, 2.75) is 13.3 Å². The fraction of sp³-hybridized carbons (Fsp3) is 0.211. The average molecular weight is 337 g/mol. The summed E-state index contributed by atoms with van der Waals surface area (Å²) in [7, 11) is 1.53. The van der Waals surface area contributed by atoms with Gasteiger partial charge in [0.2, 0.25) is 5.91 Å². The fourth-order valence-corrected chi connectivity index (χ4v) is 2.76. The highest BCUT2D eigenvalue weighted by Gasteiger charge is 2.21. The fourth-order valence-electron chi connectivity index (χ4n) is 2.76. The number of hydrogen-bond donors (Lipinski definition) is 2. The molecule has 0 aliphatic carbocycles. The van der Waals surface area contributed by atoms with Gasteiger partial charge in [-0.15, -0.1) is 0 Å². The maximum atomic E-state index is 12.4. The van der Waals surface area contributed by atoms with Crippen LogP contribution < -0.4 is 15.5 Å². The molecule has 6 heteroatoms. The largest absolute Gasteiger partial charge is 0.496 e. The summed E-state index contributed by atoms with van der Waals surface area (Å²) in [6.07, 6.45) is 0.422. The van der Waals surface area contributed by atoms with E-state index in [1.54, 1.807) is 18.2 Å². The third-order valence-electron chi connectivity index (χ3n) is 4.05. The number of anilines is 1. The van der Waals surface area contributed by atoms with Crippen molar-refractivity contribution in [3.05, 3.63) is 59.7 Å². The number of nitrogens with one attached hydrogen (secondary N) is 2. The lowest BCUT2D eigenvalue weighted by atomic mass is 9.94. The minimum Gasteiger partial charge on any atom is -0.496 e. The molecule has 2 aromatic rings. The van der Waals surface area contributed by atoms with E-state index in [1.165, 1.54) is 7.11 Å². The lowest BCUT2D eigenvalue weighted by Gasteiger charge is -2.19. The summed E-state index contributed by atoms with van der Waals surface area (Å²) in [5.41, 5.74) is 5.41. The predicted octanol–water partition coefficient (Wildman–Crippen LogP) is 2.81. The van der Waals surface area contributed by atoms with Crippen LogP contribution >= 0.6 is 0 Å². The van der Waals surface area contributed by atoms with Gasteiger partial charge >= 0.3 is 0 Å². The number of carbonyl (C=O) groups excluding carboxylic acids is 2. The van der Waals surface area contributed by atoms with Gasteiger partial charge in [-0.2, -0.15) is 5.10 Å². The zero-order valence-electron chi connectivity index (χ0n) is 14.1. The Morgan fingerprint density at radius 1 is 1.20 bits per heavy atom. The van der Waals surface area contributed by atoms with E-state index in [4.69, 9.17) is 4.74 Å². The van der Waals surface area contributed by atoms with E-state index >= 15 is 0 Å². The molecule has 2 N–H and O–H groups in total. The first-order chi connectivity index (χ1) is 12.1. The number of ether oxygens (including phenoxy) is 1. The molecule has 1 aliphatic heterocycles. The maximum absolute atomic E-state index is 12.4. The number of nitrogens with zero attached hydrogens (tertiary/aromatic N) is 1. The van der Waals surface area contributed by atoms with Gasteiger partial charge in [0.05, 0.1) is 18.4 Å². The predicted molar refractivity (Wildman–Crippen MR) is 95.8 cm³/mol. The molecular weight excluding hydrogens is 318 g/mol. The molecule has 0 bridgehead atoms. The highest BCUT2D eigenvalue weighted by molar-refractivity contribution is 6.07.